The van der Waals surface area contributed by atoms with Crippen LogP contribution in [0.3, 0.4) is 0 Å². The smallest absolute Gasteiger partial charge is 0.270 e. The number of hydrogen-bond acceptors (Lipinski definition) is 5. The molecular formula is C19H23N3O4. The number of ether oxygens (including phenoxy) is 2. The molecule has 1 heterocycles. The second kappa shape index (κ2) is 9.41. The molecule has 7 heteroatoms. The molecule has 0 saturated carbocycles. The summed E-state index contributed by atoms with van der Waals surface area (Å²) < 4.78 is 10.6. The van der Waals surface area contributed by atoms with Crippen molar-refractivity contribution >= 4 is 11.8 Å². The zero-order chi connectivity index (χ0) is 18.9. The Bertz CT molecular complexity index is 745. The van der Waals surface area contributed by atoms with Crippen molar-refractivity contribution in [1.29, 1.82) is 0 Å². The quantitative estimate of drug-likeness (QED) is 0.706. The van der Waals surface area contributed by atoms with E-state index in [1.165, 1.54) is 12.3 Å². The summed E-state index contributed by atoms with van der Waals surface area (Å²) in [4.78, 5) is 28.2. The number of rotatable bonds is 8. The molecule has 1 aromatic carbocycles. The number of carbonyl (C=O) groups excluding carboxylic acids is 2. The van der Waals surface area contributed by atoms with Gasteiger partial charge in [-0.25, -0.2) is 0 Å². The van der Waals surface area contributed by atoms with Crippen LogP contribution in [0.2, 0.25) is 0 Å². The number of pyridine rings is 1. The average molecular weight is 357 g/mol. The highest BCUT2D eigenvalue weighted by Gasteiger charge is 2.12. The van der Waals surface area contributed by atoms with Crippen molar-refractivity contribution in [2.45, 2.75) is 19.9 Å². The summed E-state index contributed by atoms with van der Waals surface area (Å²) in [6.45, 7) is 4.37. The van der Waals surface area contributed by atoms with Crippen molar-refractivity contribution in [2.24, 2.45) is 0 Å². The monoisotopic (exact) mass is 357 g/mol. The number of carbonyl (C=O) groups is 2. The number of aromatic nitrogens is 1. The molecule has 0 bridgehead atoms. The summed E-state index contributed by atoms with van der Waals surface area (Å²) in [5, 5.41) is 5.49. The van der Waals surface area contributed by atoms with Gasteiger partial charge in [0.15, 0.2) is 0 Å². The number of hydrogen-bond donors (Lipinski definition) is 2. The fourth-order valence-electron chi connectivity index (χ4n) is 2.14. The van der Waals surface area contributed by atoms with E-state index in [4.69, 9.17) is 9.47 Å². The molecule has 138 valence electrons. The average Bonchev–Trinajstić information content (AvgIpc) is 2.65. The van der Waals surface area contributed by atoms with E-state index in [2.05, 4.69) is 15.6 Å². The van der Waals surface area contributed by atoms with Gasteiger partial charge in [-0.05, 0) is 50.2 Å². The first-order chi connectivity index (χ1) is 12.5. The minimum Gasteiger partial charge on any atom is -0.497 e. The second-order valence-corrected chi connectivity index (χ2v) is 5.84. The lowest BCUT2D eigenvalue weighted by atomic mass is 10.2. The molecule has 2 amide bonds. The van der Waals surface area contributed by atoms with Crippen LogP contribution in [0.25, 0.3) is 0 Å². The molecule has 0 aliphatic rings. The van der Waals surface area contributed by atoms with Crippen molar-refractivity contribution < 1.29 is 19.1 Å². The van der Waals surface area contributed by atoms with Crippen LogP contribution in [0.15, 0.2) is 42.6 Å². The van der Waals surface area contributed by atoms with Crippen molar-refractivity contribution in [3.8, 4) is 11.5 Å². The fraction of sp³-hybridized carbons (Fsp3) is 0.316. The highest BCUT2D eigenvalue weighted by Crippen LogP contribution is 2.16. The summed E-state index contributed by atoms with van der Waals surface area (Å²) in [6, 6.07) is 10.2. The number of nitrogens with one attached hydrogen (secondary N) is 2. The first-order valence-electron chi connectivity index (χ1n) is 8.31. The third-order valence-electron chi connectivity index (χ3n) is 3.39. The third-order valence-corrected chi connectivity index (χ3v) is 3.39. The molecule has 0 fully saturated rings. The SMILES string of the molecule is COc1ccc(OCCNC(=O)c2ccnc(C(=O)NC(C)C)c2)cc1. The highest BCUT2D eigenvalue weighted by molar-refractivity contribution is 5.98. The van der Waals surface area contributed by atoms with Crippen LogP contribution >= 0.6 is 0 Å². The molecule has 0 unspecified atom stereocenters. The molecule has 0 aliphatic heterocycles. The lowest BCUT2D eigenvalue weighted by Crippen LogP contribution is -2.31. The van der Waals surface area contributed by atoms with Crippen LogP contribution in [0.1, 0.15) is 34.7 Å². The number of methoxy groups -OCH3 is 1. The zero-order valence-electron chi connectivity index (χ0n) is 15.1. The Kier molecular flexibility index (Phi) is 6.96. The normalized spacial score (nSPS) is 10.3. The zero-order valence-corrected chi connectivity index (χ0v) is 15.1. The van der Waals surface area contributed by atoms with Crippen molar-refractivity contribution in [1.82, 2.24) is 15.6 Å². The maximum Gasteiger partial charge on any atom is 0.270 e. The Hall–Kier alpha value is -3.09. The molecule has 1 aromatic heterocycles. The van der Waals surface area contributed by atoms with Gasteiger partial charge >= 0.3 is 0 Å². The van der Waals surface area contributed by atoms with E-state index >= 15 is 0 Å². The second-order valence-electron chi connectivity index (χ2n) is 5.84. The maximum atomic E-state index is 12.2. The molecule has 2 rings (SSSR count). The first kappa shape index (κ1) is 19.2. The summed E-state index contributed by atoms with van der Waals surface area (Å²) >= 11 is 0. The molecule has 0 radical (unpaired) electrons. The molecule has 2 N–H and O–H groups in total. The third kappa shape index (κ3) is 5.77. The van der Waals surface area contributed by atoms with Crippen molar-refractivity contribution in [3.63, 3.8) is 0 Å². The van der Waals surface area contributed by atoms with Crippen LogP contribution in [0, 0.1) is 0 Å². The van der Waals surface area contributed by atoms with Gasteiger partial charge < -0.3 is 20.1 Å². The molecule has 0 aliphatic carbocycles. The molecule has 0 saturated heterocycles. The predicted molar refractivity (Wildman–Crippen MR) is 97.7 cm³/mol. The van der Waals surface area contributed by atoms with E-state index < -0.39 is 0 Å². The molecule has 2 aromatic rings. The minimum atomic E-state index is -0.308. The first-order valence-corrected chi connectivity index (χ1v) is 8.31. The van der Waals surface area contributed by atoms with Crippen molar-refractivity contribution in [3.05, 3.63) is 53.9 Å². The van der Waals surface area contributed by atoms with Gasteiger partial charge in [0.1, 0.15) is 23.8 Å². The van der Waals surface area contributed by atoms with Gasteiger partial charge in [-0.1, -0.05) is 0 Å². The Morgan fingerprint density at radius 2 is 1.77 bits per heavy atom. The Morgan fingerprint density at radius 1 is 1.08 bits per heavy atom. The predicted octanol–water partition coefficient (Wildman–Crippen LogP) is 2.04. The van der Waals surface area contributed by atoms with Crippen LogP contribution < -0.4 is 20.1 Å². The molecular weight excluding hydrogens is 334 g/mol. The van der Waals surface area contributed by atoms with Gasteiger partial charge in [-0.2, -0.15) is 0 Å². The lowest BCUT2D eigenvalue weighted by Gasteiger charge is -2.10. The Morgan fingerprint density at radius 3 is 2.42 bits per heavy atom. The summed E-state index contributed by atoms with van der Waals surface area (Å²) in [6.07, 6.45) is 1.44. The van der Waals surface area contributed by atoms with E-state index in [0.29, 0.717) is 24.5 Å². The van der Waals surface area contributed by atoms with E-state index in [9.17, 15) is 9.59 Å². The van der Waals surface area contributed by atoms with Crippen molar-refractivity contribution in [2.75, 3.05) is 20.3 Å². The lowest BCUT2D eigenvalue weighted by molar-refractivity contribution is 0.0938. The molecule has 26 heavy (non-hydrogen) atoms. The van der Waals surface area contributed by atoms with Gasteiger partial charge in [0.25, 0.3) is 11.8 Å². The topological polar surface area (TPSA) is 89.6 Å². The number of amides is 2. The van der Waals surface area contributed by atoms with E-state index in [1.54, 1.807) is 37.4 Å². The van der Waals surface area contributed by atoms with Gasteiger partial charge in [-0.15, -0.1) is 0 Å². The van der Waals surface area contributed by atoms with Gasteiger partial charge in [0.2, 0.25) is 0 Å². The standard InChI is InChI=1S/C19H23N3O4/c1-13(2)22-19(24)17-12-14(8-9-20-17)18(23)21-10-11-26-16-6-4-15(25-3)5-7-16/h4-9,12-13H,10-11H2,1-3H3,(H,21,23)(H,22,24). The van der Waals surface area contributed by atoms with Gasteiger partial charge in [-0.3, -0.25) is 14.6 Å². The van der Waals surface area contributed by atoms with Gasteiger partial charge in [0.05, 0.1) is 13.7 Å². The van der Waals surface area contributed by atoms with Crippen LogP contribution in [-0.2, 0) is 0 Å². The molecule has 7 nitrogen and oxygen atoms in total. The van der Waals surface area contributed by atoms with E-state index in [0.717, 1.165) is 5.75 Å². The van der Waals surface area contributed by atoms with E-state index in [-0.39, 0.29) is 23.6 Å². The molecule has 0 atom stereocenters. The summed E-state index contributed by atoms with van der Waals surface area (Å²) in [5.74, 6) is 0.846. The van der Waals surface area contributed by atoms with Gasteiger partial charge in [0, 0.05) is 17.8 Å². The molecule has 0 spiro atoms. The number of nitrogens with zero attached hydrogens (tertiary/aromatic N) is 1. The summed E-state index contributed by atoms with van der Waals surface area (Å²) in [7, 11) is 1.60. The Labute approximate surface area is 152 Å². The number of benzene rings is 1. The largest absolute Gasteiger partial charge is 0.497 e. The van der Waals surface area contributed by atoms with E-state index in [1.807, 2.05) is 13.8 Å². The van der Waals surface area contributed by atoms with Crippen LogP contribution in [0.4, 0.5) is 0 Å². The van der Waals surface area contributed by atoms with Crippen LogP contribution in [-0.4, -0.2) is 43.1 Å². The van der Waals surface area contributed by atoms with Crippen LogP contribution in [0.5, 0.6) is 11.5 Å². The Balaban J connectivity index is 1.82. The maximum absolute atomic E-state index is 12.2. The minimum absolute atomic E-state index is 0.00288. The highest BCUT2D eigenvalue weighted by atomic mass is 16.5. The summed E-state index contributed by atoms with van der Waals surface area (Å²) in [5.41, 5.74) is 0.583. The fourth-order valence-corrected chi connectivity index (χ4v) is 2.14.